The van der Waals surface area contributed by atoms with Crippen molar-refractivity contribution < 1.29 is 4.79 Å². The molecule has 0 radical (unpaired) electrons. The normalized spacial score (nSPS) is 13.3. The SMILES string of the molecule is CC(=O)c1cc(-c2ccccc2)c(=O)n2c1CCC2. The molecule has 0 aliphatic carbocycles. The lowest BCUT2D eigenvalue weighted by Gasteiger charge is -2.11. The monoisotopic (exact) mass is 253 g/mol. The molecule has 1 aromatic heterocycles. The van der Waals surface area contributed by atoms with Crippen LogP contribution in [0.4, 0.5) is 0 Å². The Morgan fingerprint density at radius 2 is 1.95 bits per heavy atom. The quantitative estimate of drug-likeness (QED) is 0.772. The van der Waals surface area contributed by atoms with Crippen LogP contribution in [0.25, 0.3) is 11.1 Å². The maximum Gasteiger partial charge on any atom is 0.258 e. The molecule has 0 saturated heterocycles. The highest BCUT2D eigenvalue weighted by molar-refractivity contribution is 5.96. The van der Waals surface area contributed by atoms with Gasteiger partial charge in [0.05, 0.1) is 0 Å². The number of aromatic nitrogens is 1. The Labute approximate surface area is 111 Å². The molecule has 1 aliphatic heterocycles. The average molecular weight is 253 g/mol. The standard InChI is InChI=1S/C16H15NO2/c1-11(18)13-10-14(12-6-3-2-4-7-12)16(19)17-9-5-8-15(13)17/h2-4,6-7,10H,5,8-9H2,1H3. The molecule has 0 spiro atoms. The molecule has 0 unspecified atom stereocenters. The Morgan fingerprint density at radius 1 is 1.21 bits per heavy atom. The lowest BCUT2D eigenvalue weighted by atomic mass is 10.0. The summed E-state index contributed by atoms with van der Waals surface area (Å²) in [5, 5.41) is 0. The van der Waals surface area contributed by atoms with Crippen LogP contribution < -0.4 is 5.56 Å². The lowest BCUT2D eigenvalue weighted by molar-refractivity contribution is 0.101. The molecule has 0 N–H and O–H groups in total. The van der Waals surface area contributed by atoms with Crippen molar-refractivity contribution in [2.24, 2.45) is 0 Å². The van der Waals surface area contributed by atoms with Crippen molar-refractivity contribution in [2.45, 2.75) is 26.3 Å². The van der Waals surface area contributed by atoms with Crippen LogP contribution in [0.3, 0.4) is 0 Å². The second-order valence-corrected chi connectivity index (χ2v) is 4.90. The fourth-order valence-corrected chi connectivity index (χ4v) is 2.74. The molecule has 0 atom stereocenters. The number of carbonyl (C=O) groups excluding carboxylic acids is 1. The first-order chi connectivity index (χ1) is 9.18. The van der Waals surface area contributed by atoms with E-state index in [9.17, 15) is 9.59 Å². The second kappa shape index (κ2) is 4.50. The second-order valence-electron chi connectivity index (χ2n) is 4.90. The van der Waals surface area contributed by atoms with Gasteiger partial charge in [-0.05, 0) is 31.4 Å². The van der Waals surface area contributed by atoms with Crippen LogP contribution in [-0.4, -0.2) is 10.4 Å². The third-order valence-corrected chi connectivity index (χ3v) is 3.66. The van der Waals surface area contributed by atoms with Gasteiger partial charge in [-0.25, -0.2) is 0 Å². The molecular formula is C16H15NO2. The van der Waals surface area contributed by atoms with E-state index in [2.05, 4.69) is 0 Å². The molecule has 3 heteroatoms. The van der Waals surface area contributed by atoms with Gasteiger partial charge in [0.15, 0.2) is 5.78 Å². The fourth-order valence-electron chi connectivity index (χ4n) is 2.74. The minimum absolute atomic E-state index is 0.0173. The van der Waals surface area contributed by atoms with Gasteiger partial charge in [0.1, 0.15) is 0 Å². The Hall–Kier alpha value is -2.16. The first kappa shape index (κ1) is 11.9. The van der Waals surface area contributed by atoms with Crippen molar-refractivity contribution in [1.29, 1.82) is 0 Å². The van der Waals surface area contributed by atoms with E-state index in [1.54, 1.807) is 17.6 Å². The Balaban J connectivity index is 2.30. The molecule has 0 saturated carbocycles. The molecule has 1 aromatic carbocycles. The smallest absolute Gasteiger partial charge is 0.258 e. The predicted molar refractivity (Wildman–Crippen MR) is 74.5 cm³/mol. The third-order valence-electron chi connectivity index (χ3n) is 3.66. The zero-order valence-corrected chi connectivity index (χ0v) is 10.8. The highest BCUT2D eigenvalue weighted by atomic mass is 16.1. The number of rotatable bonds is 2. The van der Waals surface area contributed by atoms with E-state index in [1.165, 1.54) is 0 Å². The molecule has 0 bridgehead atoms. The first-order valence-corrected chi connectivity index (χ1v) is 6.51. The predicted octanol–water partition coefficient (Wildman–Crippen LogP) is 2.66. The number of hydrogen-bond acceptors (Lipinski definition) is 2. The van der Waals surface area contributed by atoms with Gasteiger partial charge in [-0.1, -0.05) is 30.3 Å². The van der Waals surface area contributed by atoms with Gasteiger partial charge in [-0.2, -0.15) is 0 Å². The van der Waals surface area contributed by atoms with Crippen molar-refractivity contribution in [3.05, 3.63) is 58.0 Å². The minimum atomic E-state index is 0.0173. The van der Waals surface area contributed by atoms with Crippen LogP contribution in [0, 0.1) is 0 Å². The van der Waals surface area contributed by atoms with E-state index in [0.717, 1.165) is 30.6 Å². The number of hydrogen-bond donors (Lipinski definition) is 0. The molecule has 19 heavy (non-hydrogen) atoms. The van der Waals surface area contributed by atoms with Gasteiger partial charge < -0.3 is 4.57 Å². The summed E-state index contributed by atoms with van der Waals surface area (Å²) in [5.74, 6) is 0.0304. The molecule has 0 amide bonds. The summed E-state index contributed by atoms with van der Waals surface area (Å²) in [6.07, 6.45) is 1.76. The number of benzene rings is 1. The molecule has 96 valence electrons. The van der Waals surface area contributed by atoms with Crippen molar-refractivity contribution in [1.82, 2.24) is 4.57 Å². The zero-order chi connectivity index (χ0) is 13.4. The number of pyridine rings is 1. The maximum atomic E-state index is 12.5. The molecular weight excluding hydrogens is 238 g/mol. The van der Waals surface area contributed by atoms with Crippen LogP contribution >= 0.6 is 0 Å². The first-order valence-electron chi connectivity index (χ1n) is 6.51. The summed E-state index contributed by atoms with van der Waals surface area (Å²) < 4.78 is 1.76. The summed E-state index contributed by atoms with van der Waals surface area (Å²) in [6, 6.07) is 11.3. The number of carbonyl (C=O) groups is 1. The van der Waals surface area contributed by atoms with Gasteiger partial charge in [-0.3, -0.25) is 9.59 Å². The van der Waals surface area contributed by atoms with Gasteiger partial charge in [0.25, 0.3) is 5.56 Å². The van der Waals surface area contributed by atoms with Crippen LogP contribution in [0.1, 0.15) is 29.4 Å². The molecule has 2 heterocycles. The topological polar surface area (TPSA) is 39.1 Å². The maximum absolute atomic E-state index is 12.5. The number of Topliss-reactive ketones (excluding diaryl/α,β-unsaturated/α-hetero) is 1. The van der Waals surface area contributed by atoms with E-state index in [4.69, 9.17) is 0 Å². The van der Waals surface area contributed by atoms with Crippen LogP contribution in [-0.2, 0) is 13.0 Å². The molecule has 2 aromatic rings. The summed E-state index contributed by atoms with van der Waals surface area (Å²) >= 11 is 0. The molecule has 3 rings (SSSR count). The summed E-state index contributed by atoms with van der Waals surface area (Å²) in [4.78, 5) is 24.3. The summed E-state index contributed by atoms with van der Waals surface area (Å²) in [7, 11) is 0. The van der Waals surface area contributed by atoms with E-state index in [-0.39, 0.29) is 11.3 Å². The largest absolute Gasteiger partial charge is 0.311 e. The number of fused-ring (bicyclic) bond motifs is 1. The van der Waals surface area contributed by atoms with Gasteiger partial charge in [0, 0.05) is 23.4 Å². The number of ketones is 1. The minimum Gasteiger partial charge on any atom is -0.311 e. The Bertz CT molecular complexity index is 699. The Kier molecular flexibility index (Phi) is 2.82. The van der Waals surface area contributed by atoms with Crippen molar-refractivity contribution >= 4 is 5.78 Å². The fraction of sp³-hybridized carbons (Fsp3) is 0.250. The summed E-state index contributed by atoms with van der Waals surface area (Å²) in [6.45, 7) is 2.28. The van der Waals surface area contributed by atoms with Gasteiger partial charge in [0.2, 0.25) is 0 Å². The molecule has 0 fully saturated rings. The molecule has 1 aliphatic rings. The third kappa shape index (κ3) is 1.91. The zero-order valence-electron chi connectivity index (χ0n) is 10.8. The summed E-state index contributed by atoms with van der Waals surface area (Å²) in [5.41, 5.74) is 3.10. The molecule has 3 nitrogen and oxygen atoms in total. The van der Waals surface area contributed by atoms with Crippen molar-refractivity contribution in [2.75, 3.05) is 0 Å². The van der Waals surface area contributed by atoms with Crippen LogP contribution in [0.2, 0.25) is 0 Å². The average Bonchev–Trinajstić information content (AvgIpc) is 2.89. The Morgan fingerprint density at radius 3 is 2.63 bits per heavy atom. The highest BCUT2D eigenvalue weighted by Gasteiger charge is 2.21. The van der Waals surface area contributed by atoms with E-state index in [1.807, 2.05) is 30.3 Å². The van der Waals surface area contributed by atoms with E-state index >= 15 is 0 Å². The van der Waals surface area contributed by atoms with E-state index < -0.39 is 0 Å². The van der Waals surface area contributed by atoms with Crippen molar-refractivity contribution in [3.8, 4) is 11.1 Å². The van der Waals surface area contributed by atoms with Gasteiger partial charge in [-0.15, -0.1) is 0 Å². The van der Waals surface area contributed by atoms with Crippen LogP contribution in [0.15, 0.2) is 41.2 Å². The van der Waals surface area contributed by atoms with Gasteiger partial charge >= 0.3 is 0 Å². The highest BCUT2D eigenvalue weighted by Crippen LogP contribution is 2.23. The van der Waals surface area contributed by atoms with Crippen LogP contribution in [0.5, 0.6) is 0 Å². The van der Waals surface area contributed by atoms with E-state index in [0.29, 0.717) is 11.1 Å². The van der Waals surface area contributed by atoms with Crippen molar-refractivity contribution in [3.63, 3.8) is 0 Å². The number of nitrogens with zero attached hydrogens (tertiary/aromatic N) is 1. The lowest BCUT2D eigenvalue weighted by Crippen LogP contribution is -2.23.